The molecule has 0 aromatic carbocycles. The molecule has 0 spiro atoms. The SMILES string of the molecule is CN(CCc1ccccn1)C(=O)C1CCC(C(F)(F)F)NC1=O. The minimum atomic E-state index is -4.48. The highest BCUT2D eigenvalue weighted by molar-refractivity contribution is 6.00. The highest BCUT2D eigenvalue weighted by atomic mass is 19.4. The molecule has 5 nitrogen and oxygen atoms in total. The van der Waals surface area contributed by atoms with E-state index in [1.807, 2.05) is 17.4 Å². The van der Waals surface area contributed by atoms with E-state index < -0.39 is 30.0 Å². The van der Waals surface area contributed by atoms with Gasteiger partial charge in [-0.1, -0.05) is 6.07 Å². The summed E-state index contributed by atoms with van der Waals surface area (Å²) in [5.74, 6) is -2.37. The number of rotatable bonds is 4. The number of amides is 2. The van der Waals surface area contributed by atoms with Gasteiger partial charge in [0.15, 0.2) is 0 Å². The molecular weight excluding hydrogens is 311 g/mol. The summed E-state index contributed by atoms with van der Waals surface area (Å²) in [6.07, 6.45) is -2.69. The number of carbonyl (C=O) groups excluding carboxylic acids is 2. The van der Waals surface area contributed by atoms with Crippen molar-refractivity contribution in [2.24, 2.45) is 5.92 Å². The number of pyridine rings is 1. The first-order valence-electron chi connectivity index (χ1n) is 7.31. The summed E-state index contributed by atoms with van der Waals surface area (Å²) in [5, 5.41) is 1.89. The molecule has 1 aliphatic rings. The van der Waals surface area contributed by atoms with E-state index in [1.54, 1.807) is 12.3 Å². The third kappa shape index (κ3) is 4.43. The second-order valence-electron chi connectivity index (χ2n) is 5.56. The number of piperidine rings is 1. The maximum absolute atomic E-state index is 12.6. The Balaban J connectivity index is 1.89. The number of halogens is 3. The van der Waals surface area contributed by atoms with Gasteiger partial charge in [-0.15, -0.1) is 0 Å². The van der Waals surface area contributed by atoms with E-state index in [0.717, 1.165) is 5.69 Å². The van der Waals surface area contributed by atoms with Gasteiger partial charge in [0.2, 0.25) is 11.8 Å². The van der Waals surface area contributed by atoms with Gasteiger partial charge in [0.1, 0.15) is 12.0 Å². The normalized spacial score (nSPS) is 21.7. The average molecular weight is 329 g/mol. The molecule has 1 aromatic heterocycles. The zero-order valence-corrected chi connectivity index (χ0v) is 12.6. The zero-order valence-electron chi connectivity index (χ0n) is 12.6. The van der Waals surface area contributed by atoms with Crippen LogP contribution in [0, 0.1) is 5.92 Å². The Morgan fingerprint density at radius 1 is 1.39 bits per heavy atom. The average Bonchev–Trinajstić information content (AvgIpc) is 2.52. The quantitative estimate of drug-likeness (QED) is 0.853. The first-order chi connectivity index (χ1) is 10.8. The monoisotopic (exact) mass is 329 g/mol. The Morgan fingerprint density at radius 3 is 2.70 bits per heavy atom. The third-order valence-electron chi connectivity index (χ3n) is 3.88. The third-order valence-corrected chi connectivity index (χ3v) is 3.88. The van der Waals surface area contributed by atoms with Crippen molar-refractivity contribution in [1.29, 1.82) is 0 Å². The lowest BCUT2D eigenvalue weighted by Crippen LogP contribution is -2.54. The minimum absolute atomic E-state index is 0.0945. The van der Waals surface area contributed by atoms with Gasteiger partial charge in [0, 0.05) is 31.9 Å². The lowest BCUT2D eigenvalue weighted by Gasteiger charge is -2.31. The highest BCUT2D eigenvalue weighted by Crippen LogP contribution is 2.29. The summed E-state index contributed by atoms with van der Waals surface area (Å²) in [7, 11) is 1.54. The lowest BCUT2D eigenvalue weighted by atomic mass is 9.92. The second kappa shape index (κ2) is 6.97. The Kier molecular flexibility index (Phi) is 5.23. The molecule has 23 heavy (non-hydrogen) atoms. The van der Waals surface area contributed by atoms with Crippen molar-refractivity contribution in [3.63, 3.8) is 0 Å². The van der Waals surface area contributed by atoms with Crippen molar-refractivity contribution < 1.29 is 22.8 Å². The molecule has 1 aromatic rings. The Labute approximate surface area is 131 Å². The number of carbonyl (C=O) groups is 2. The van der Waals surface area contributed by atoms with Crippen molar-refractivity contribution >= 4 is 11.8 Å². The zero-order chi connectivity index (χ0) is 17.0. The van der Waals surface area contributed by atoms with Crippen LogP contribution in [-0.4, -0.2) is 47.5 Å². The molecule has 2 atom stereocenters. The standard InChI is InChI=1S/C15H18F3N3O2/c1-21(9-7-10-4-2-3-8-19-10)14(23)11-5-6-12(15(16,17)18)20-13(11)22/h2-4,8,11-12H,5-7,9H2,1H3,(H,20,22). The fraction of sp³-hybridized carbons (Fsp3) is 0.533. The number of hydrogen-bond donors (Lipinski definition) is 1. The molecule has 1 saturated heterocycles. The van der Waals surface area contributed by atoms with Crippen molar-refractivity contribution in [1.82, 2.24) is 15.2 Å². The van der Waals surface area contributed by atoms with Crippen LogP contribution in [0.5, 0.6) is 0 Å². The van der Waals surface area contributed by atoms with Crippen molar-refractivity contribution in [2.45, 2.75) is 31.5 Å². The first-order valence-corrected chi connectivity index (χ1v) is 7.31. The molecule has 0 saturated carbocycles. The van der Waals surface area contributed by atoms with Gasteiger partial charge in [-0.05, 0) is 25.0 Å². The molecule has 126 valence electrons. The van der Waals surface area contributed by atoms with Gasteiger partial charge >= 0.3 is 6.18 Å². The van der Waals surface area contributed by atoms with Crippen LogP contribution in [0.15, 0.2) is 24.4 Å². The van der Waals surface area contributed by atoms with Crippen LogP contribution in [0.3, 0.4) is 0 Å². The summed E-state index contributed by atoms with van der Waals surface area (Å²) < 4.78 is 37.8. The summed E-state index contributed by atoms with van der Waals surface area (Å²) in [4.78, 5) is 29.6. The molecular formula is C15H18F3N3O2. The summed E-state index contributed by atoms with van der Waals surface area (Å²) in [5.41, 5.74) is 0.803. The Hall–Kier alpha value is -2.12. The number of hydrogen-bond acceptors (Lipinski definition) is 3. The van der Waals surface area contributed by atoms with Crippen LogP contribution in [0.25, 0.3) is 0 Å². The van der Waals surface area contributed by atoms with E-state index in [1.165, 1.54) is 11.9 Å². The summed E-state index contributed by atoms with van der Waals surface area (Å²) >= 11 is 0. The maximum Gasteiger partial charge on any atom is 0.408 e. The Morgan fingerprint density at radius 2 is 2.13 bits per heavy atom. The molecule has 0 bridgehead atoms. The molecule has 2 unspecified atom stereocenters. The van der Waals surface area contributed by atoms with E-state index in [9.17, 15) is 22.8 Å². The highest BCUT2D eigenvalue weighted by Gasteiger charge is 2.46. The molecule has 1 N–H and O–H groups in total. The van der Waals surface area contributed by atoms with E-state index >= 15 is 0 Å². The molecule has 1 aliphatic heterocycles. The van der Waals surface area contributed by atoms with Gasteiger partial charge in [-0.25, -0.2) is 0 Å². The van der Waals surface area contributed by atoms with Gasteiger partial charge < -0.3 is 10.2 Å². The number of nitrogens with one attached hydrogen (secondary N) is 1. The van der Waals surface area contributed by atoms with Crippen LogP contribution in [0.4, 0.5) is 13.2 Å². The molecule has 2 rings (SSSR count). The number of likely N-dealkylation sites (N-methyl/N-ethyl adjacent to an activating group) is 1. The smallest absolute Gasteiger partial charge is 0.345 e. The van der Waals surface area contributed by atoms with Crippen molar-refractivity contribution in [3.8, 4) is 0 Å². The number of nitrogens with zero attached hydrogens (tertiary/aromatic N) is 2. The molecule has 2 amide bonds. The van der Waals surface area contributed by atoms with Gasteiger partial charge in [0.05, 0.1) is 0 Å². The van der Waals surface area contributed by atoms with Crippen LogP contribution >= 0.6 is 0 Å². The Bertz CT molecular complexity index is 563. The molecule has 2 heterocycles. The van der Waals surface area contributed by atoms with Crippen molar-refractivity contribution in [2.75, 3.05) is 13.6 Å². The number of aromatic nitrogens is 1. The van der Waals surface area contributed by atoms with E-state index in [-0.39, 0.29) is 12.8 Å². The van der Waals surface area contributed by atoms with E-state index in [0.29, 0.717) is 13.0 Å². The second-order valence-corrected chi connectivity index (χ2v) is 5.56. The number of alkyl halides is 3. The van der Waals surface area contributed by atoms with Crippen LogP contribution in [0.1, 0.15) is 18.5 Å². The summed E-state index contributed by atoms with van der Waals surface area (Å²) in [6.45, 7) is 0.350. The largest absolute Gasteiger partial charge is 0.408 e. The summed E-state index contributed by atoms with van der Waals surface area (Å²) in [6, 6.07) is 3.56. The van der Waals surface area contributed by atoms with E-state index in [2.05, 4.69) is 4.98 Å². The predicted octanol–water partition coefficient (Wildman–Crippen LogP) is 1.54. The van der Waals surface area contributed by atoms with Crippen LogP contribution in [-0.2, 0) is 16.0 Å². The fourth-order valence-electron chi connectivity index (χ4n) is 2.49. The lowest BCUT2D eigenvalue weighted by molar-refractivity contribution is -0.172. The van der Waals surface area contributed by atoms with E-state index in [4.69, 9.17) is 0 Å². The van der Waals surface area contributed by atoms with Gasteiger partial charge in [-0.3, -0.25) is 14.6 Å². The molecule has 1 fully saturated rings. The fourth-order valence-corrected chi connectivity index (χ4v) is 2.49. The minimum Gasteiger partial charge on any atom is -0.345 e. The first kappa shape index (κ1) is 17.2. The molecule has 0 radical (unpaired) electrons. The maximum atomic E-state index is 12.6. The van der Waals surface area contributed by atoms with Gasteiger partial charge in [0.25, 0.3) is 0 Å². The van der Waals surface area contributed by atoms with Gasteiger partial charge in [-0.2, -0.15) is 13.2 Å². The predicted molar refractivity (Wildman–Crippen MR) is 76.3 cm³/mol. The molecule has 0 aliphatic carbocycles. The van der Waals surface area contributed by atoms with Crippen molar-refractivity contribution in [3.05, 3.63) is 30.1 Å². The topological polar surface area (TPSA) is 62.3 Å². The van der Waals surface area contributed by atoms with Crippen LogP contribution < -0.4 is 5.32 Å². The molecule has 8 heteroatoms. The van der Waals surface area contributed by atoms with Crippen LogP contribution in [0.2, 0.25) is 0 Å².